The Morgan fingerprint density at radius 1 is 1.69 bits per heavy atom. The van der Waals surface area contributed by atoms with Gasteiger partial charge in [-0.05, 0) is 12.1 Å². The molecule has 0 aliphatic carbocycles. The van der Waals surface area contributed by atoms with E-state index in [0.29, 0.717) is 11.6 Å². The van der Waals surface area contributed by atoms with Crippen molar-refractivity contribution in [2.75, 3.05) is 17.9 Å². The molecule has 68 valence electrons. The number of carbonyl (C=O) groups is 1. The van der Waals surface area contributed by atoms with Crippen molar-refractivity contribution in [2.24, 2.45) is 0 Å². The molecule has 2 rings (SSSR count). The molecule has 0 saturated carbocycles. The molecule has 0 radical (unpaired) electrons. The molecule has 0 unspecified atom stereocenters. The molecule has 0 atom stereocenters. The van der Waals surface area contributed by atoms with Crippen molar-refractivity contribution in [1.29, 1.82) is 0 Å². The van der Waals surface area contributed by atoms with E-state index in [-0.39, 0.29) is 5.91 Å². The third kappa shape index (κ3) is 1.40. The van der Waals surface area contributed by atoms with Crippen LogP contribution in [0.15, 0.2) is 23.2 Å². The molecule has 13 heavy (non-hydrogen) atoms. The molecule has 0 bridgehead atoms. The number of rotatable bonds is 1. The smallest absolute Gasteiger partial charge is 0.262 e. The normalized spacial score (nSPS) is 15.8. The number of anilines is 1. The van der Waals surface area contributed by atoms with Crippen LogP contribution in [-0.4, -0.2) is 23.8 Å². The van der Waals surface area contributed by atoms with E-state index in [0.717, 1.165) is 4.90 Å². The predicted octanol–water partition coefficient (Wildman–Crippen LogP) is 1.08. The zero-order valence-corrected chi connectivity index (χ0v) is 7.87. The summed E-state index contributed by atoms with van der Waals surface area (Å²) in [5.41, 5.74) is 0. The van der Waals surface area contributed by atoms with E-state index in [4.69, 9.17) is 4.84 Å². The summed E-state index contributed by atoms with van der Waals surface area (Å²) >= 11 is 1.48. The van der Waals surface area contributed by atoms with Crippen molar-refractivity contribution < 1.29 is 9.63 Å². The molecular formula is C8H8N2O2S. The molecule has 2 heterocycles. The third-order valence-electron chi connectivity index (χ3n) is 1.70. The van der Waals surface area contributed by atoms with Crippen molar-refractivity contribution in [2.45, 2.75) is 4.90 Å². The standard InChI is InChI=1S/C8H8N2O2S/c1-12-10-7(11)5-13-6-3-2-4-9-8(6)10/h2-4H,5H2,1H3. The van der Waals surface area contributed by atoms with Gasteiger partial charge in [-0.25, -0.2) is 4.98 Å². The van der Waals surface area contributed by atoms with Gasteiger partial charge in [-0.2, -0.15) is 5.06 Å². The van der Waals surface area contributed by atoms with Crippen LogP contribution in [0.1, 0.15) is 0 Å². The molecule has 0 N–H and O–H groups in total. The lowest BCUT2D eigenvalue weighted by molar-refractivity contribution is -0.122. The van der Waals surface area contributed by atoms with Crippen molar-refractivity contribution in [3.8, 4) is 0 Å². The minimum Gasteiger partial charge on any atom is -0.271 e. The number of hydrogen-bond donors (Lipinski definition) is 0. The number of thioether (sulfide) groups is 1. The van der Waals surface area contributed by atoms with Crippen molar-refractivity contribution in [3.05, 3.63) is 18.3 Å². The first-order valence-electron chi connectivity index (χ1n) is 3.78. The molecule has 5 heteroatoms. The van der Waals surface area contributed by atoms with Crippen LogP contribution in [-0.2, 0) is 9.63 Å². The Labute approximate surface area is 79.9 Å². The fourth-order valence-corrected chi connectivity index (χ4v) is 1.99. The second-order valence-corrected chi connectivity index (χ2v) is 3.50. The van der Waals surface area contributed by atoms with Gasteiger partial charge in [-0.3, -0.25) is 9.63 Å². The Bertz CT molecular complexity index is 343. The largest absolute Gasteiger partial charge is 0.271 e. The second-order valence-electron chi connectivity index (χ2n) is 2.48. The maximum Gasteiger partial charge on any atom is 0.262 e. The predicted molar refractivity (Wildman–Crippen MR) is 49.5 cm³/mol. The fourth-order valence-electron chi connectivity index (χ4n) is 1.15. The summed E-state index contributed by atoms with van der Waals surface area (Å²) in [4.78, 5) is 21.3. The van der Waals surface area contributed by atoms with Gasteiger partial charge in [0, 0.05) is 6.20 Å². The molecular weight excluding hydrogens is 188 g/mol. The summed E-state index contributed by atoms with van der Waals surface area (Å²) < 4.78 is 0. The molecule has 0 spiro atoms. The Balaban J connectivity index is 2.45. The molecule has 1 aliphatic rings. The van der Waals surface area contributed by atoms with Crippen LogP contribution >= 0.6 is 11.8 Å². The number of amides is 1. The van der Waals surface area contributed by atoms with Gasteiger partial charge in [0.05, 0.1) is 17.8 Å². The van der Waals surface area contributed by atoms with Gasteiger partial charge < -0.3 is 0 Å². The molecule has 1 aromatic rings. The summed E-state index contributed by atoms with van der Waals surface area (Å²) in [6.45, 7) is 0. The van der Waals surface area contributed by atoms with Crippen LogP contribution in [0.25, 0.3) is 0 Å². The van der Waals surface area contributed by atoms with Gasteiger partial charge in [0.15, 0.2) is 5.82 Å². The minimum atomic E-state index is -0.0706. The van der Waals surface area contributed by atoms with Crippen molar-refractivity contribution in [3.63, 3.8) is 0 Å². The molecule has 0 aromatic carbocycles. The van der Waals surface area contributed by atoms with Crippen LogP contribution in [0.3, 0.4) is 0 Å². The average molecular weight is 196 g/mol. The van der Waals surface area contributed by atoms with Crippen LogP contribution < -0.4 is 5.06 Å². The molecule has 0 fully saturated rings. The lowest BCUT2D eigenvalue weighted by Gasteiger charge is -2.24. The van der Waals surface area contributed by atoms with Gasteiger partial charge in [-0.1, -0.05) is 0 Å². The Morgan fingerprint density at radius 3 is 3.31 bits per heavy atom. The fraction of sp³-hybridized carbons (Fsp3) is 0.250. The Kier molecular flexibility index (Phi) is 2.20. The summed E-state index contributed by atoms with van der Waals surface area (Å²) in [6.07, 6.45) is 1.64. The zero-order chi connectivity index (χ0) is 9.26. The molecule has 1 aromatic heterocycles. The summed E-state index contributed by atoms with van der Waals surface area (Å²) in [5.74, 6) is 0.928. The van der Waals surface area contributed by atoms with Crippen LogP contribution in [0.4, 0.5) is 5.82 Å². The van der Waals surface area contributed by atoms with E-state index in [1.165, 1.54) is 23.9 Å². The van der Waals surface area contributed by atoms with Gasteiger partial charge in [0.2, 0.25) is 0 Å². The maximum absolute atomic E-state index is 11.3. The van der Waals surface area contributed by atoms with Gasteiger partial charge in [0.25, 0.3) is 5.91 Å². The average Bonchev–Trinajstić information content (AvgIpc) is 2.18. The molecule has 0 saturated heterocycles. The van der Waals surface area contributed by atoms with E-state index in [2.05, 4.69) is 4.98 Å². The van der Waals surface area contributed by atoms with E-state index >= 15 is 0 Å². The summed E-state index contributed by atoms with van der Waals surface area (Å²) in [6, 6.07) is 3.76. The van der Waals surface area contributed by atoms with Gasteiger partial charge in [0.1, 0.15) is 0 Å². The summed E-state index contributed by atoms with van der Waals surface area (Å²) in [7, 11) is 1.46. The van der Waals surface area contributed by atoms with Crippen molar-refractivity contribution in [1.82, 2.24) is 4.98 Å². The monoisotopic (exact) mass is 196 g/mol. The number of nitrogens with zero attached hydrogens (tertiary/aromatic N) is 2. The molecule has 4 nitrogen and oxygen atoms in total. The molecule has 1 aliphatic heterocycles. The highest BCUT2D eigenvalue weighted by molar-refractivity contribution is 8.00. The highest BCUT2D eigenvalue weighted by Gasteiger charge is 2.25. The van der Waals surface area contributed by atoms with Crippen molar-refractivity contribution >= 4 is 23.5 Å². The van der Waals surface area contributed by atoms with E-state index in [9.17, 15) is 4.79 Å². The van der Waals surface area contributed by atoms with E-state index in [1.807, 2.05) is 12.1 Å². The minimum absolute atomic E-state index is 0.0706. The second kappa shape index (κ2) is 3.35. The first-order chi connectivity index (χ1) is 6.33. The van der Waals surface area contributed by atoms with Gasteiger partial charge in [-0.15, -0.1) is 11.8 Å². The topological polar surface area (TPSA) is 42.4 Å². The highest BCUT2D eigenvalue weighted by Crippen LogP contribution is 2.32. The number of fused-ring (bicyclic) bond motifs is 1. The highest BCUT2D eigenvalue weighted by atomic mass is 32.2. The number of pyridine rings is 1. The van der Waals surface area contributed by atoms with Gasteiger partial charge >= 0.3 is 0 Å². The zero-order valence-electron chi connectivity index (χ0n) is 7.06. The molecule has 1 amide bonds. The maximum atomic E-state index is 11.3. The first-order valence-corrected chi connectivity index (χ1v) is 4.76. The first kappa shape index (κ1) is 8.52. The van der Waals surface area contributed by atoms with Crippen LogP contribution in [0, 0.1) is 0 Å². The van der Waals surface area contributed by atoms with E-state index in [1.54, 1.807) is 6.20 Å². The number of hydroxylamine groups is 1. The quantitative estimate of drug-likeness (QED) is 0.674. The van der Waals surface area contributed by atoms with Crippen LogP contribution in [0.5, 0.6) is 0 Å². The Hall–Kier alpha value is -1.07. The lowest BCUT2D eigenvalue weighted by Crippen LogP contribution is -2.34. The third-order valence-corrected chi connectivity index (χ3v) is 2.72. The SMILES string of the molecule is CON1C(=O)CSc2cccnc21. The summed E-state index contributed by atoms with van der Waals surface area (Å²) in [5, 5.41) is 1.23. The lowest BCUT2D eigenvalue weighted by atomic mass is 10.4. The number of carbonyl (C=O) groups excluding carboxylic acids is 1. The van der Waals surface area contributed by atoms with E-state index < -0.39 is 0 Å². The number of hydrogen-bond acceptors (Lipinski definition) is 4. The Morgan fingerprint density at radius 2 is 2.54 bits per heavy atom. The van der Waals surface area contributed by atoms with Crippen LogP contribution in [0.2, 0.25) is 0 Å². The number of aromatic nitrogens is 1.